The summed E-state index contributed by atoms with van der Waals surface area (Å²) in [5.41, 5.74) is 6.02. The number of rotatable bonds is 13. The van der Waals surface area contributed by atoms with Crippen molar-refractivity contribution >= 4 is 74.9 Å². The van der Waals surface area contributed by atoms with Gasteiger partial charge in [0, 0.05) is 13.1 Å². The van der Waals surface area contributed by atoms with E-state index in [0.29, 0.717) is 0 Å². The molecule has 0 bridgehead atoms. The quantitative estimate of drug-likeness (QED) is 0.0481. The van der Waals surface area contributed by atoms with Gasteiger partial charge < -0.3 is 50.9 Å². The van der Waals surface area contributed by atoms with Crippen molar-refractivity contribution in [2.75, 3.05) is 35.2 Å². The van der Waals surface area contributed by atoms with E-state index in [1.54, 1.807) is 0 Å². The normalized spacial score (nSPS) is 24.8. The molecule has 220 valence electrons. The monoisotopic (exact) mass is 733 g/mol. The molecule has 2 unspecified atom stereocenters. The molecule has 1 amide bonds. The Kier molecular flexibility index (Phi) is 10.4. The summed E-state index contributed by atoms with van der Waals surface area (Å²) < 4.78 is 53.0. The number of hydrogen-bond donors (Lipinski definition) is 9. The zero-order valence-electron chi connectivity index (χ0n) is 19.3. The van der Waals surface area contributed by atoms with Crippen LogP contribution in [-0.2, 0) is 36.4 Å². The van der Waals surface area contributed by atoms with E-state index in [1.807, 2.05) is 22.6 Å². The fourth-order valence-corrected chi connectivity index (χ4v) is 6.57. The minimum Gasteiger partial charge on any atom is -0.387 e. The summed E-state index contributed by atoms with van der Waals surface area (Å²) >= 11 is 1.89. The first-order valence-electron chi connectivity index (χ1n) is 10.4. The van der Waals surface area contributed by atoms with Gasteiger partial charge in [-0.15, -0.1) is 0 Å². The second-order valence-corrected chi connectivity index (χ2v) is 12.8. The van der Waals surface area contributed by atoms with Crippen LogP contribution in [0.15, 0.2) is 6.33 Å². The molecule has 0 aliphatic carbocycles. The van der Waals surface area contributed by atoms with Gasteiger partial charge in [0.15, 0.2) is 23.2 Å². The van der Waals surface area contributed by atoms with E-state index >= 15 is 0 Å². The number of carbonyl (C=O) groups excluding carboxylic acids is 1. The van der Waals surface area contributed by atoms with Crippen molar-refractivity contribution in [3.8, 4) is 0 Å². The molecular formula is C14H23IN7O14P3. The van der Waals surface area contributed by atoms with Gasteiger partial charge in [-0.25, -0.2) is 28.6 Å². The fraction of sp³-hybridized carbons (Fsp3) is 0.571. The Hall–Kier alpha value is -1.36. The van der Waals surface area contributed by atoms with Crippen LogP contribution < -0.4 is 16.4 Å². The number of phosphoric acid groups is 3. The number of phosphoric ester groups is 1. The Morgan fingerprint density at radius 1 is 1.10 bits per heavy atom. The Morgan fingerprint density at radius 3 is 2.44 bits per heavy atom. The number of fused-ring (bicyclic) bond motifs is 1. The number of ether oxygens (including phenoxy) is 1. The van der Waals surface area contributed by atoms with Crippen LogP contribution in [0.4, 0.5) is 11.8 Å². The molecule has 0 spiro atoms. The van der Waals surface area contributed by atoms with Gasteiger partial charge in [0.2, 0.25) is 11.9 Å². The van der Waals surface area contributed by atoms with E-state index in [1.165, 1.54) is 4.57 Å². The maximum atomic E-state index is 12.0. The highest BCUT2D eigenvalue weighted by molar-refractivity contribution is 14.1. The number of amides is 1. The first-order valence-corrected chi connectivity index (χ1v) is 16.4. The molecule has 21 nitrogen and oxygen atoms in total. The number of aromatic nitrogens is 4. The molecule has 6 atom stereocenters. The molecule has 3 heterocycles. The second kappa shape index (κ2) is 12.7. The number of aliphatic hydroxyl groups excluding tert-OH is 2. The van der Waals surface area contributed by atoms with Crippen molar-refractivity contribution in [2.24, 2.45) is 0 Å². The van der Waals surface area contributed by atoms with Crippen LogP contribution in [0.5, 0.6) is 0 Å². The van der Waals surface area contributed by atoms with Crippen molar-refractivity contribution < 1.29 is 66.2 Å². The molecule has 2 aromatic rings. The standard InChI is InChI=1S/C14H23IN7O14P3/c15-3-7(23)17-1-2-18-14-21-8-11(16)19-5-20-12(8)22(14)13-10(25)9(24)6(34-13)4-33-38(29,30)36-39(31,32)35-37(26,27)28/h5-6,9-10,13,24-25H,1-4H2,(H,17,23)(H,18,21)(H,29,30)(H,31,32)(H2,16,19,20)(H2,26,27,28)/t6-,9-,10-,13-/m1/s1. The number of carbonyl (C=O) groups is 1. The molecule has 1 fully saturated rings. The summed E-state index contributed by atoms with van der Waals surface area (Å²) in [6.07, 6.45) is -5.38. The number of halogens is 1. The topological polar surface area (TPSA) is 320 Å². The van der Waals surface area contributed by atoms with Crippen molar-refractivity contribution in [2.45, 2.75) is 24.5 Å². The van der Waals surface area contributed by atoms with E-state index in [9.17, 15) is 38.5 Å². The van der Waals surface area contributed by atoms with Crippen LogP contribution in [0.1, 0.15) is 6.23 Å². The van der Waals surface area contributed by atoms with E-state index < -0.39 is 54.6 Å². The van der Waals surface area contributed by atoms with Gasteiger partial charge in [-0.3, -0.25) is 13.9 Å². The Balaban J connectivity index is 1.77. The maximum Gasteiger partial charge on any atom is 0.490 e. The summed E-state index contributed by atoms with van der Waals surface area (Å²) in [6, 6.07) is 0. The lowest BCUT2D eigenvalue weighted by Gasteiger charge is -2.20. The number of nitrogens with two attached hydrogens (primary N) is 1. The van der Waals surface area contributed by atoms with E-state index in [2.05, 4.69) is 38.7 Å². The molecule has 0 radical (unpaired) electrons. The van der Waals surface area contributed by atoms with Crippen LogP contribution in [0.2, 0.25) is 0 Å². The minimum absolute atomic E-state index is 0.0303. The zero-order valence-corrected chi connectivity index (χ0v) is 24.1. The molecule has 1 aliphatic heterocycles. The largest absolute Gasteiger partial charge is 0.490 e. The summed E-state index contributed by atoms with van der Waals surface area (Å²) in [6.45, 7) is -0.682. The Labute approximate surface area is 231 Å². The Morgan fingerprint density at radius 2 is 1.79 bits per heavy atom. The number of imidazole rings is 1. The number of hydrogen-bond acceptors (Lipinski definition) is 15. The van der Waals surface area contributed by atoms with Gasteiger partial charge in [-0.2, -0.15) is 8.62 Å². The van der Waals surface area contributed by atoms with E-state index in [4.69, 9.17) is 20.3 Å². The average molecular weight is 733 g/mol. The average Bonchev–Trinajstić information content (AvgIpc) is 3.30. The van der Waals surface area contributed by atoms with Crippen LogP contribution in [0.3, 0.4) is 0 Å². The molecule has 39 heavy (non-hydrogen) atoms. The van der Waals surface area contributed by atoms with Crippen molar-refractivity contribution in [3.63, 3.8) is 0 Å². The molecule has 0 aromatic carbocycles. The van der Waals surface area contributed by atoms with Gasteiger partial charge in [0.1, 0.15) is 24.6 Å². The molecular weight excluding hydrogens is 710 g/mol. The van der Waals surface area contributed by atoms with Crippen LogP contribution in [0, 0.1) is 0 Å². The highest BCUT2D eigenvalue weighted by atomic mass is 127. The van der Waals surface area contributed by atoms with Crippen molar-refractivity contribution in [1.29, 1.82) is 0 Å². The van der Waals surface area contributed by atoms with Crippen molar-refractivity contribution in [1.82, 2.24) is 24.8 Å². The van der Waals surface area contributed by atoms with Crippen LogP contribution in [-0.4, -0.2) is 97.6 Å². The number of nitrogens with one attached hydrogen (secondary N) is 2. The number of anilines is 2. The lowest BCUT2D eigenvalue weighted by molar-refractivity contribution is -0.118. The first-order chi connectivity index (χ1) is 18.0. The second-order valence-electron chi connectivity index (χ2n) is 7.58. The summed E-state index contributed by atoms with van der Waals surface area (Å²) in [5, 5.41) is 26.7. The Bertz CT molecular complexity index is 1340. The number of aliphatic hydroxyl groups is 2. The zero-order chi connectivity index (χ0) is 29.2. The molecule has 2 aromatic heterocycles. The van der Waals surface area contributed by atoms with Crippen LogP contribution in [0.25, 0.3) is 11.2 Å². The third-order valence-corrected chi connectivity index (χ3v) is 9.26. The molecule has 0 saturated carbocycles. The molecule has 1 saturated heterocycles. The van der Waals surface area contributed by atoms with Crippen molar-refractivity contribution in [3.05, 3.63) is 6.33 Å². The first kappa shape index (κ1) is 32.2. The minimum atomic E-state index is -5.76. The van der Waals surface area contributed by atoms with E-state index in [0.717, 1.165) is 6.33 Å². The smallest absolute Gasteiger partial charge is 0.387 e. The van der Waals surface area contributed by atoms with Gasteiger partial charge in [-0.05, 0) is 0 Å². The highest BCUT2D eigenvalue weighted by Crippen LogP contribution is 2.66. The van der Waals surface area contributed by atoms with Crippen LogP contribution >= 0.6 is 46.1 Å². The molecule has 3 rings (SSSR count). The lowest BCUT2D eigenvalue weighted by atomic mass is 10.1. The predicted octanol–water partition coefficient (Wildman–Crippen LogP) is -1.67. The molecule has 1 aliphatic rings. The lowest BCUT2D eigenvalue weighted by Crippen LogP contribution is -2.34. The third kappa shape index (κ3) is 8.57. The number of nitrogen functional groups attached to an aromatic ring is 1. The maximum absolute atomic E-state index is 12.0. The van der Waals surface area contributed by atoms with Gasteiger partial charge in [-0.1, -0.05) is 22.6 Å². The van der Waals surface area contributed by atoms with Gasteiger partial charge >= 0.3 is 23.5 Å². The van der Waals surface area contributed by atoms with E-state index in [-0.39, 0.29) is 46.4 Å². The number of alkyl halides is 1. The molecule has 10 N–H and O–H groups in total. The number of nitrogens with zero attached hydrogens (tertiary/aromatic N) is 4. The summed E-state index contributed by atoms with van der Waals surface area (Å²) in [5.74, 6) is -0.208. The molecule has 25 heteroatoms. The highest BCUT2D eigenvalue weighted by Gasteiger charge is 2.47. The SMILES string of the molecule is Nc1ncnc2c1nc(NCCNC(=O)CI)n2[C@@H]1O[C@H](COP(=O)(O)OP(=O)(O)OP(=O)(O)O)[C@@H](O)[C@H]1O. The predicted molar refractivity (Wildman–Crippen MR) is 136 cm³/mol. The van der Waals surface area contributed by atoms with Gasteiger partial charge in [0.05, 0.1) is 11.0 Å². The third-order valence-electron chi connectivity index (χ3n) is 4.77. The fourth-order valence-electron chi connectivity index (χ4n) is 3.27. The van der Waals surface area contributed by atoms with Gasteiger partial charge in [0.25, 0.3) is 0 Å². The summed E-state index contributed by atoms with van der Waals surface area (Å²) in [4.78, 5) is 59.7. The summed E-state index contributed by atoms with van der Waals surface area (Å²) in [7, 11) is -16.9.